The van der Waals surface area contributed by atoms with Gasteiger partial charge in [0.25, 0.3) is 5.56 Å². The Balaban J connectivity index is 1.64. The maximum absolute atomic E-state index is 14.1. The maximum atomic E-state index is 14.1. The Morgan fingerprint density at radius 3 is 2.67 bits per heavy atom. The Labute approximate surface area is 156 Å². The zero-order valence-electron chi connectivity index (χ0n) is 15.5. The minimum atomic E-state index is -1.11. The molecule has 1 aliphatic rings. The number of methoxy groups -OCH3 is 1. The number of alkyl halides is 1. The molecule has 6 nitrogen and oxygen atoms in total. The molecule has 4 rings (SSSR count). The third-order valence-electron chi connectivity index (χ3n) is 5.39. The summed E-state index contributed by atoms with van der Waals surface area (Å²) in [4.78, 5) is 20.0. The predicted molar refractivity (Wildman–Crippen MR) is 101 cm³/mol. The van der Waals surface area contributed by atoms with Crippen LogP contribution in [0, 0.1) is 0 Å². The fraction of sp³-hybridized carbons (Fsp3) is 0.450. The number of nitrogens with one attached hydrogen (secondary N) is 1. The molecule has 0 bridgehead atoms. The molecule has 1 aliphatic carbocycles. The van der Waals surface area contributed by atoms with E-state index in [0.29, 0.717) is 49.0 Å². The number of aromatic nitrogens is 4. The predicted octanol–water partition coefficient (Wildman–Crippen LogP) is 3.56. The third-order valence-corrected chi connectivity index (χ3v) is 5.39. The maximum Gasteiger partial charge on any atom is 0.262 e. The molecule has 1 N–H and O–H groups in total. The van der Waals surface area contributed by atoms with Gasteiger partial charge in [0.15, 0.2) is 5.65 Å². The molecule has 0 spiro atoms. The average Bonchev–Trinajstić information content (AvgIpc) is 3.07. The highest BCUT2D eigenvalue weighted by Crippen LogP contribution is 2.37. The zero-order chi connectivity index (χ0) is 19.0. The Morgan fingerprint density at radius 2 is 2.00 bits per heavy atom. The summed E-state index contributed by atoms with van der Waals surface area (Å²) in [5.41, 5.74) is 0.301. The Kier molecular flexibility index (Phi) is 4.45. The van der Waals surface area contributed by atoms with Gasteiger partial charge in [0.1, 0.15) is 22.6 Å². The van der Waals surface area contributed by atoms with E-state index in [4.69, 9.17) is 4.74 Å². The van der Waals surface area contributed by atoms with Crippen molar-refractivity contribution < 1.29 is 9.13 Å². The van der Waals surface area contributed by atoms with Crippen LogP contribution < -0.4 is 10.3 Å². The first kappa shape index (κ1) is 17.7. The van der Waals surface area contributed by atoms with Crippen LogP contribution in [0.4, 0.5) is 4.39 Å². The highest BCUT2D eigenvalue weighted by atomic mass is 19.1. The number of halogens is 1. The minimum Gasteiger partial charge on any atom is -0.497 e. The summed E-state index contributed by atoms with van der Waals surface area (Å²) < 4.78 is 21.1. The van der Waals surface area contributed by atoms with E-state index in [0.717, 1.165) is 11.3 Å². The molecule has 1 aromatic carbocycles. The second kappa shape index (κ2) is 6.79. The van der Waals surface area contributed by atoms with Gasteiger partial charge >= 0.3 is 0 Å². The van der Waals surface area contributed by atoms with E-state index >= 15 is 0 Å². The molecule has 27 heavy (non-hydrogen) atoms. The van der Waals surface area contributed by atoms with Crippen LogP contribution in [0.2, 0.25) is 0 Å². The van der Waals surface area contributed by atoms with Crippen LogP contribution in [0.1, 0.15) is 50.0 Å². The summed E-state index contributed by atoms with van der Waals surface area (Å²) in [6.07, 6.45) is 4.47. The highest BCUT2D eigenvalue weighted by molar-refractivity contribution is 5.73. The number of nitrogens with zero attached hydrogens (tertiary/aromatic N) is 3. The van der Waals surface area contributed by atoms with Gasteiger partial charge in [0.05, 0.1) is 19.3 Å². The molecular weight excluding hydrogens is 347 g/mol. The Bertz CT molecular complexity index is 997. The number of aromatic amines is 1. The summed E-state index contributed by atoms with van der Waals surface area (Å²) in [5.74, 6) is 1.37. The lowest BCUT2D eigenvalue weighted by Gasteiger charge is -2.31. The van der Waals surface area contributed by atoms with Crippen molar-refractivity contribution in [3.05, 3.63) is 52.2 Å². The third kappa shape index (κ3) is 3.59. The first-order chi connectivity index (χ1) is 12.9. The van der Waals surface area contributed by atoms with Gasteiger partial charge in [-0.25, -0.2) is 14.1 Å². The van der Waals surface area contributed by atoms with Gasteiger partial charge in [0, 0.05) is 6.42 Å². The Hall–Kier alpha value is -2.70. The second-order valence-corrected chi connectivity index (χ2v) is 7.51. The number of H-pyrrole nitrogens is 1. The van der Waals surface area contributed by atoms with E-state index in [1.165, 1.54) is 0 Å². The van der Waals surface area contributed by atoms with Crippen LogP contribution in [0.15, 0.2) is 35.3 Å². The van der Waals surface area contributed by atoms with Gasteiger partial charge in [-0.15, -0.1) is 0 Å². The molecule has 142 valence electrons. The van der Waals surface area contributed by atoms with Crippen LogP contribution in [0.25, 0.3) is 11.0 Å². The molecule has 0 amide bonds. The summed E-state index contributed by atoms with van der Waals surface area (Å²) in [7, 11) is 1.62. The molecule has 0 radical (unpaired) electrons. The molecule has 0 atom stereocenters. The minimum absolute atomic E-state index is 0.0782. The SMILES string of the molecule is COc1ccc(Cc2nc3c(cnn3C3CCC(C)(F)CC3)c(=O)[nH]2)cc1. The molecule has 2 heterocycles. The van der Waals surface area contributed by atoms with Crippen molar-refractivity contribution in [2.24, 2.45) is 0 Å². The normalized spacial score (nSPS) is 22.9. The summed E-state index contributed by atoms with van der Waals surface area (Å²) in [6, 6.07) is 7.74. The quantitative estimate of drug-likeness (QED) is 0.762. The highest BCUT2D eigenvalue weighted by Gasteiger charge is 2.32. The fourth-order valence-electron chi connectivity index (χ4n) is 3.72. The lowest BCUT2D eigenvalue weighted by atomic mass is 9.85. The van der Waals surface area contributed by atoms with E-state index in [9.17, 15) is 9.18 Å². The van der Waals surface area contributed by atoms with E-state index in [-0.39, 0.29) is 11.6 Å². The lowest BCUT2D eigenvalue weighted by Crippen LogP contribution is -2.28. The van der Waals surface area contributed by atoms with E-state index in [1.807, 2.05) is 24.3 Å². The van der Waals surface area contributed by atoms with Gasteiger partial charge in [-0.1, -0.05) is 12.1 Å². The molecule has 7 heteroatoms. The second-order valence-electron chi connectivity index (χ2n) is 7.51. The molecule has 1 fully saturated rings. The molecule has 1 saturated carbocycles. The standard InChI is InChI=1S/C20H23FN4O2/c1-20(21)9-7-14(8-10-20)25-18-16(12-22-25)19(26)24-17(23-18)11-13-3-5-15(27-2)6-4-13/h3-6,12,14H,7-11H2,1-2H3,(H,23,24,26). The molecule has 3 aromatic rings. The van der Waals surface area contributed by atoms with Crippen molar-refractivity contribution in [2.45, 2.75) is 50.7 Å². The smallest absolute Gasteiger partial charge is 0.262 e. The van der Waals surface area contributed by atoms with Crippen molar-refractivity contribution in [3.63, 3.8) is 0 Å². The largest absolute Gasteiger partial charge is 0.497 e. The molecule has 0 aliphatic heterocycles. The number of rotatable bonds is 4. The van der Waals surface area contributed by atoms with Crippen molar-refractivity contribution >= 4 is 11.0 Å². The van der Waals surface area contributed by atoms with Gasteiger partial charge in [-0.3, -0.25) is 4.79 Å². The van der Waals surface area contributed by atoms with Gasteiger partial charge in [-0.2, -0.15) is 5.10 Å². The van der Waals surface area contributed by atoms with Crippen molar-refractivity contribution in [3.8, 4) is 5.75 Å². The zero-order valence-corrected chi connectivity index (χ0v) is 15.5. The molecular formula is C20H23FN4O2. The van der Waals surface area contributed by atoms with E-state index in [2.05, 4.69) is 15.1 Å². The van der Waals surface area contributed by atoms with Crippen LogP contribution in [0.5, 0.6) is 5.75 Å². The fourth-order valence-corrected chi connectivity index (χ4v) is 3.72. The first-order valence-corrected chi connectivity index (χ1v) is 9.23. The first-order valence-electron chi connectivity index (χ1n) is 9.23. The average molecular weight is 370 g/mol. The van der Waals surface area contributed by atoms with E-state index in [1.54, 1.807) is 24.9 Å². The summed E-state index contributed by atoms with van der Waals surface area (Å²) in [5, 5.41) is 4.87. The van der Waals surface area contributed by atoms with Crippen molar-refractivity contribution in [1.82, 2.24) is 19.7 Å². The number of hydrogen-bond donors (Lipinski definition) is 1. The monoisotopic (exact) mass is 370 g/mol. The van der Waals surface area contributed by atoms with Crippen molar-refractivity contribution in [1.29, 1.82) is 0 Å². The molecule has 0 saturated heterocycles. The topological polar surface area (TPSA) is 72.8 Å². The van der Waals surface area contributed by atoms with Gasteiger partial charge in [0.2, 0.25) is 0 Å². The summed E-state index contributed by atoms with van der Waals surface area (Å²) >= 11 is 0. The van der Waals surface area contributed by atoms with Gasteiger partial charge in [-0.05, 0) is 50.3 Å². The van der Waals surface area contributed by atoms with Crippen LogP contribution in [0.3, 0.4) is 0 Å². The molecule has 2 aromatic heterocycles. The lowest BCUT2D eigenvalue weighted by molar-refractivity contribution is 0.103. The van der Waals surface area contributed by atoms with Crippen LogP contribution >= 0.6 is 0 Å². The summed E-state index contributed by atoms with van der Waals surface area (Å²) in [6.45, 7) is 1.65. The van der Waals surface area contributed by atoms with E-state index < -0.39 is 5.67 Å². The van der Waals surface area contributed by atoms with Gasteiger partial charge < -0.3 is 9.72 Å². The van der Waals surface area contributed by atoms with Crippen LogP contribution in [-0.2, 0) is 6.42 Å². The van der Waals surface area contributed by atoms with Crippen molar-refractivity contribution in [2.75, 3.05) is 7.11 Å². The number of hydrogen-bond acceptors (Lipinski definition) is 4. The number of fused-ring (bicyclic) bond motifs is 1. The Morgan fingerprint density at radius 1 is 1.30 bits per heavy atom. The number of ether oxygens (including phenoxy) is 1. The molecule has 0 unspecified atom stereocenters. The number of benzene rings is 1. The van der Waals surface area contributed by atoms with Crippen LogP contribution in [-0.4, -0.2) is 32.5 Å².